The minimum absolute atomic E-state index is 0. The average Bonchev–Trinajstić information content (AvgIpc) is 3.47. The van der Waals surface area contributed by atoms with Gasteiger partial charge < -0.3 is 5.11 Å². The molecule has 9 heteroatoms. The van der Waals surface area contributed by atoms with E-state index < -0.39 is 11.6 Å². The Labute approximate surface area is 333 Å². The van der Waals surface area contributed by atoms with Crippen LogP contribution in [0, 0.1) is 47.0 Å². The summed E-state index contributed by atoms with van der Waals surface area (Å²) in [6, 6.07) is 17.6. The second kappa shape index (κ2) is 18.6. The van der Waals surface area contributed by atoms with Crippen molar-refractivity contribution in [3.8, 4) is 21.7 Å². The van der Waals surface area contributed by atoms with E-state index in [0.717, 1.165) is 27.1 Å². The van der Waals surface area contributed by atoms with Gasteiger partial charge in [-0.15, -0.1) is 40.5 Å². The number of pyridine rings is 1. The standard InChI is InChI=1S/C27H26F3N2S.C17H32O2.Ir/c1-25(2,3)21-13-19(12-17-8-6-7-9-20(17)21)22-14-18(10-11-31-22)23-16-32-24(33-23)15-26(4,5)27(28,29)30;1-10(2)16(11(3)4)14(18)9-15(19)17(12(5)6)13(7)8;/h6-11,13-14,16H,15H2,1-5H3;9-13,16-18H,1-8H3;/q-1;;/b;14-9-;. The number of nitrogens with zero attached hydrogens (tertiary/aromatic N) is 2. The first-order valence-electron chi connectivity index (χ1n) is 18.3. The van der Waals surface area contributed by atoms with Crippen molar-refractivity contribution in [3.63, 3.8) is 0 Å². The van der Waals surface area contributed by atoms with E-state index in [1.54, 1.807) is 12.4 Å². The number of alkyl halides is 3. The van der Waals surface area contributed by atoms with Crippen molar-refractivity contribution < 1.29 is 43.2 Å². The van der Waals surface area contributed by atoms with E-state index in [0.29, 0.717) is 28.7 Å². The molecule has 53 heavy (non-hydrogen) atoms. The molecule has 4 rings (SSSR count). The van der Waals surface area contributed by atoms with Crippen LogP contribution in [0.3, 0.4) is 0 Å². The summed E-state index contributed by atoms with van der Waals surface area (Å²) in [6.07, 6.45) is 0.431. The van der Waals surface area contributed by atoms with E-state index in [4.69, 9.17) is 0 Å². The van der Waals surface area contributed by atoms with Crippen LogP contribution in [0.15, 0.2) is 66.7 Å². The van der Waals surface area contributed by atoms with E-state index in [2.05, 4.69) is 110 Å². The number of aromatic nitrogens is 2. The van der Waals surface area contributed by atoms with E-state index in [-0.39, 0.29) is 55.3 Å². The van der Waals surface area contributed by atoms with Gasteiger partial charge in [0.05, 0.1) is 21.1 Å². The second-order valence-corrected chi connectivity index (χ2v) is 18.1. The number of carbonyl (C=O) groups excluding carboxylic acids is 1. The number of rotatable bonds is 11. The number of ketones is 1. The quantitative estimate of drug-likeness (QED) is 0.0925. The van der Waals surface area contributed by atoms with E-state index in [1.807, 2.05) is 24.3 Å². The van der Waals surface area contributed by atoms with Gasteiger partial charge in [-0.2, -0.15) is 13.2 Å². The fourth-order valence-corrected chi connectivity index (χ4v) is 8.08. The van der Waals surface area contributed by atoms with Gasteiger partial charge in [0.1, 0.15) is 0 Å². The van der Waals surface area contributed by atoms with Gasteiger partial charge in [0.2, 0.25) is 0 Å². The Morgan fingerprint density at radius 2 is 1.42 bits per heavy atom. The number of halogens is 3. The Bertz CT molecular complexity index is 1820. The van der Waals surface area contributed by atoms with Crippen molar-refractivity contribution in [1.29, 1.82) is 0 Å². The van der Waals surface area contributed by atoms with Crippen LogP contribution in [-0.2, 0) is 36.7 Å². The maximum absolute atomic E-state index is 13.3. The number of thiazole rings is 1. The summed E-state index contributed by atoms with van der Waals surface area (Å²) in [5.74, 6) is 1.63. The predicted molar refractivity (Wildman–Crippen MR) is 211 cm³/mol. The normalized spacial score (nSPS) is 13.0. The molecule has 0 spiro atoms. The van der Waals surface area contributed by atoms with Crippen molar-refractivity contribution in [2.45, 2.75) is 108 Å². The van der Waals surface area contributed by atoms with E-state index in [9.17, 15) is 23.1 Å². The number of fused-ring (bicyclic) bond motifs is 1. The van der Waals surface area contributed by atoms with Crippen LogP contribution in [0.2, 0.25) is 0 Å². The maximum Gasteiger partial charge on any atom is 0.394 e. The number of allylic oxidation sites excluding steroid dienone is 2. The molecule has 0 fully saturated rings. The number of aliphatic hydroxyl groups excluding tert-OH is 1. The van der Waals surface area contributed by atoms with Crippen LogP contribution in [-0.4, -0.2) is 27.0 Å². The largest absolute Gasteiger partial charge is 0.512 e. The van der Waals surface area contributed by atoms with Crippen molar-refractivity contribution in [3.05, 3.63) is 83.3 Å². The molecule has 0 aliphatic rings. The van der Waals surface area contributed by atoms with Gasteiger partial charge in [-0.1, -0.05) is 125 Å². The predicted octanol–water partition coefficient (Wildman–Crippen LogP) is 13.1. The molecule has 0 atom stereocenters. The van der Waals surface area contributed by atoms with Crippen LogP contribution in [0.4, 0.5) is 13.2 Å². The average molecular weight is 928 g/mol. The van der Waals surface area contributed by atoms with Crippen LogP contribution >= 0.6 is 11.3 Å². The van der Waals surface area contributed by atoms with Gasteiger partial charge in [-0.05, 0) is 40.7 Å². The molecule has 1 N–H and O–H groups in total. The van der Waals surface area contributed by atoms with Crippen LogP contribution < -0.4 is 0 Å². The molecule has 2 aromatic carbocycles. The topological polar surface area (TPSA) is 63.1 Å². The van der Waals surface area contributed by atoms with Crippen molar-refractivity contribution in [1.82, 2.24) is 9.97 Å². The summed E-state index contributed by atoms with van der Waals surface area (Å²) in [6.45, 7) is 25.6. The number of benzene rings is 2. The summed E-state index contributed by atoms with van der Waals surface area (Å²) in [7, 11) is 0. The molecule has 2 heterocycles. The van der Waals surface area contributed by atoms with Crippen molar-refractivity contribution in [2.75, 3.05) is 0 Å². The van der Waals surface area contributed by atoms with Gasteiger partial charge in [0.25, 0.3) is 0 Å². The zero-order valence-electron chi connectivity index (χ0n) is 33.6. The summed E-state index contributed by atoms with van der Waals surface area (Å²) < 4.78 is 39.8. The number of hydrogen-bond acceptors (Lipinski definition) is 5. The monoisotopic (exact) mass is 928 g/mol. The molecule has 0 bridgehead atoms. The molecular formula is C44H58F3IrN2O2S-. The fraction of sp³-hybridized carbons (Fsp3) is 0.523. The Balaban J connectivity index is 0.000000419. The number of hydrogen-bond donors (Lipinski definition) is 1. The van der Waals surface area contributed by atoms with Gasteiger partial charge in [0, 0.05) is 62.5 Å². The first-order chi connectivity index (χ1) is 23.9. The van der Waals surface area contributed by atoms with Crippen LogP contribution in [0.25, 0.3) is 32.5 Å². The molecule has 0 aliphatic heterocycles. The molecule has 0 saturated heterocycles. The summed E-state index contributed by atoms with van der Waals surface area (Å²) >= 11 is 1.29. The van der Waals surface area contributed by atoms with E-state index in [1.165, 1.54) is 42.2 Å². The molecule has 293 valence electrons. The van der Waals surface area contributed by atoms with Crippen molar-refractivity contribution >= 4 is 27.9 Å². The molecule has 0 aliphatic carbocycles. The third kappa shape index (κ3) is 12.1. The molecule has 4 aromatic rings. The number of carbonyl (C=O) groups is 1. The molecule has 0 saturated carbocycles. The maximum atomic E-state index is 13.3. The summed E-state index contributed by atoms with van der Waals surface area (Å²) in [5.41, 5.74) is 1.88. The van der Waals surface area contributed by atoms with Crippen molar-refractivity contribution in [2.24, 2.45) is 40.9 Å². The third-order valence-electron chi connectivity index (χ3n) is 9.65. The Morgan fingerprint density at radius 1 is 0.849 bits per heavy atom. The van der Waals surface area contributed by atoms with Crippen LogP contribution in [0.5, 0.6) is 0 Å². The van der Waals surface area contributed by atoms with Crippen LogP contribution in [0.1, 0.15) is 101 Å². The molecule has 1 radical (unpaired) electrons. The second-order valence-electron chi connectivity index (χ2n) is 17.0. The Hall–Kier alpha value is -2.87. The first kappa shape index (κ1) is 46.3. The first-order valence-corrected chi connectivity index (χ1v) is 19.1. The third-order valence-corrected chi connectivity index (χ3v) is 10.7. The summed E-state index contributed by atoms with van der Waals surface area (Å²) in [5, 5.41) is 12.9. The Kier molecular flexibility index (Phi) is 16.3. The minimum atomic E-state index is -4.28. The Morgan fingerprint density at radius 3 is 1.94 bits per heavy atom. The fourth-order valence-electron chi connectivity index (χ4n) is 6.94. The van der Waals surface area contributed by atoms with Gasteiger partial charge in [-0.3, -0.25) is 9.78 Å². The minimum Gasteiger partial charge on any atom is -0.512 e. The van der Waals surface area contributed by atoms with Gasteiger partial charge in [-0.25, -0.2) is 4.98 Å². The smallest absolute Gasteiger partial charge is 0.394 e. The molecule has 4 nitrogen and oxygen atoms in total. The van der Waals surface area contributed by atoms with E-state index >= 15 is 0 Å². The number of aliphatic hydroxyl groups is 1. The zero-order valence-corrected chi connectivity index (χ0v) is 36.8. The SMILES string of the molecule is CC(C)(C)c1cc(-c2cc(-c3cnc(CC(C)(C)C(F)(F)F)s3)ccn2)[c-]c2ccccc12.CC(C)C(C(=O)/C=C(\O)C(C(C)C)C(C)C)C(C)C.[Ir]. The molecule has 2 aromatic heterocycles. The zero-order chi connectivity index (χ0) is 39.3. The van der Waals surface area contributed by atoms with Gasteiger partial charge >= 0.3 is 6.18 Å². The molecular weight excluding hydrogens is 870 g/mol. The van der Waals surface area contributed by atoms with Gasteiger partial charge in [0.15, 0.2) is 5.78 Å². The molecule has 0 unspecified atom stereocenters. The molecule has 0 amide bonds. The summed E-state index contributed by atoms with van der Waals surface area (Å²) in [4.78, 5) is 22.0.